The van der Waals surface area contributed by atoms with Crippen LogP contribution in [0.15, 0.2) is 36.5 Å². The summed E-state index contributed by atoms with van der Waals surface area (Å²) in [6.07, 6.45) is 3.32. The van der Waals surface area contributed by atoms with Crippen molar-refractivity contribution in [1.82, 2.24) is 4.98 Å². The first-order valence-electron chi connectivity index (χ1n) is 13.0. The Morgan fingerprint density at radius 3 is 2.46 bits per heavy atom. The first-order chi connectivity index (χ1) is 18.5. The molecule has 3 aromatic rings. The number of pyridine rings is 1. The topological polar surface area (TPSA) is 88.9 Å². The molecule has 3 aliphatic carbocycles. The lowest BCUT2D eigenvalue weighted by molar-refractivity contribution is -0.139. The van der Waals surface area contributed by atoms with E-state index in [1.807, 2.05) is 0 Å². The average molecular weight is 540 g/mol. The molecule has 9 heteroatoms. The number of nitrogens with zero attached hydrogens (tertiary/aromatic N) is 1. The fourth-order valence-electron chi connectivity index (χ4n) is 6.33. The maximum Gasteiger partial charge on any atom is 0.307 e. The van der Waals surface area contributed by atoms with Crippen molar-refractivity contribution in [1.29, 1.82) is 0 Å². The van der Waals surface area contributed by atoms with Gasteiger partial charge in [-0.1, -0.05) is 0 Å². The lowest BCUT2D eigenvalue weighted by atomic mass is 9.73. The molecule has 0 spiro atoms. The minimum atomic E-state index is -0.858. The Kier molecular flexibility index (Phi) is 6.10. The zero-order valence-corrected chi connectivity index (χ0v) is 21.5. The molecule has 0 saturated heterocycles. The van der Waals surface area contributed by atoms with Crippen LogP contribution in [0.4, 0.5) is 13.2 Å². The summed E-state index contributed by atoms with van der Waals surface area (Å²) in [6.45, 7) is 3.33. The quantitative estimate of drug-likeness (QED) is 0.390. The van der Waals surface area contributed by atoms with E-state index in [2.05, 4.69) is 4.98 Å². The normalized spacial score (nSPS) is 26.4. The Morgan fingerprint density at radius 1 is 1.08 bits per heavy atom. The van der Waals surface area contributed by atoms with E-state index in [1.54, 1.807) is 26.1 Å². The first kappa shape index (κ1) is 25.7. The summed E-state index contributed by atoms with van der Waals surface area (Å²) in [5.41, 5.74) is 2.57. The van der Waals surface area contributed by atoms with E-state index in [0.29, 0.717) is 36.3 Å². The number of carbonyl (C=O) groups is 1. The van der Waals surface area contributed by atoms with E-state index in [1.165, 1.54) is 12.1 Å². The van der Waals surface area contributed by atoms with Crippen LogP contribution in [0.25, 0.3) is 11.1 Å². The van der Waals surface area contributed by atoms with Gasteiger partial charge in [0.1, 0.15) is 12.4 Å². The summed E-state index contributed by atoms with van der Waals surface area (Å²) in [6, 6.07) is 6.90. The molecule has 0 unspecified atom stereocenters. The van der Waals surface area contributed by atoms with Crippen LogP contribution in [0.2, 0.25) is 0 Å². The summed E-state index contributed by atoms with van der Waals surface area (Å²) >= 11 is 0. The smallest absolute Gasteiger partial charge is 0.307 e. The van der Waals surface area contributed by atoms with Crippen molar-refractivity contribution in [2.24, 2.45) is 17.8 Å². The van der Waals surface area contributed by atoms with E-state index in [4.69, 9.17) is 9.47 Å². The zero-order valence-electron chi connectivity index (χ0n) is 21.5. The lowest BCUT2D eigenvalue weighted by Gasteiger charge is -2.40. The predicted octanol–water partition coefficient (Wildman–Crippen LogP) is 5.56. The van der Waals surface area contributed by atoms with Crippen molar-refractivity contribution in [2.75, 3.05) is 6.61 Å². The molecular formula is C30H28F3NO5. The molecule has 6 rings (SSSR count). The number of fused-ring (bicyclic) bond motifs is 3. The zero-order chi connectivity index (χ0) is 27.6. The van der Waals surface area contributed by atoms with Gasteiger partial charge in [0, 0.05) is 23.7 Å². The summed E-state index contributed by atoms with van der Waals surface area (Å²) in [5, 5.41) is 19.1. The highest BCUT2D eigenvalue weighted by Crippen LogP contribution is 2.61. The number of aliphatic hydroxyl groups is 1. The number of aliphatic carboxylic acids is 1. The SMILES string of the molecule is Cc1cc(F)c(COc2cc3c(cn2)[C@H]2[C@@H](C3)[C@@H]2C(=O)O)cc1-c1cc(F)c(OCC2CC(C)(O)C2)c(F)c1. The van der Waals surface area contributed by atoms with Gasteiger partial charge in [-0.2, -0.15) is 0 Å². The van der Waals surface area contributed by atoms with Gasteiger partial charge < -0.3 is 19.7 Å². The van der Waals surface area contributed by atoms with Crippen molar-refractivity contribution in [3.63, 3.8) is 0 Å². The highest BCUT2D eigenvalue weighted by Gasteiger charge is 2.60. The molecular weight excluding hydrogens is 511 g/mol. The second kappa shape index (κ2) is 9.26. The molecule has 39 heavy (non-hydrogen) atoms. The molecule has 3 aliphatic rings. The van der Waals surface area contributed by atoms with Crippen LogP contribution in [0.3, 0.4) is 0 Å². The molecule has 0 amide bonds. The summed E-state index contributed by atoms with van der Waals surface area (Å²) in [7, 11) is 0. The van der Waals surface area contributed by atoms with Crippen LogP contribution >= 0.6 is 0 Å². The third-order valence-electron chi connectivity index (χ3n) is 8.27. The van der Waals surface area contributed by atoms with E-state index in [-0.39, 0.29) is 48.0 Å². The number of aryl methyl sites for hydroxylation is 1. The Morgan fingerprint density at radius 2 is 1.79 bits per heavy atom. The standard InChI is InChI=1S/C30H28F3NO5/c1-14-3-22(31)18(13-38-25-8-16-4-20-26(21(16)11-34-25)27(20)29(35)36)5-19(14)17-6-23(32)28(24(33)7-17)39-12-15-9-30(2,37)10-15/h3,5-8,11,15,20,26-27,37H,4,9-10,12-13H2,1-2H3,(H,35,36)/t15?,20-,26-,27+,30?/m1/s1. The van der Waals surface area contributed by atoms with Gasteiger partial charge in [-0.15, -0.1) is 0 Å². The maximum atomic E-state index is 14.9. The summed E-state index contributed by atoms with van der Waals surface area (Å²) < 4.78 is 55.7. The Bertz CT molecular complexity index is 1460. The average Bonchev–Trinajstić information content (AvgIpc) is 3.44. The fraction of sp³-hybridized carbons (Fsp3) is 0.400. The van der Waals surface area contributed by atoms with Gasteiger partial charge >= 0.3 is 5.97 Å². The van der Waals surface area contributed by atoms with Crippen LogP contribution in [-0.4, -0.2) is 33.4 Å². The van der Waals surface area contributed by atoms with Crippen LogP contribution in [0.5, 0.6) is 11.6 Å². The third-order valence-corrected chi connectivity index (χ3v) is 8.27. The highest BCUT2D eigenvalue weighted by atomic mass is 19.1. The number of ether oxygens (including phenoxy) is 2. The molecule has 2 N–H and O–H groups in total. The number of hydrogen-bond acceptors (Lipinski definition) is 5. The molecule has 204 valence electrons. The van der Waals surface area contributed by atoms with Crippen LogP contribution in [0.1, 0.15) is 47.9 Å². The Balaban J connectivity index is 1.16. The first-order valence-corrected chi connectivity index (χ1v) is 13.0. The van der Waals surface area contributed by atoms with E-state index < -0.39 is 34.8 Å². The van der Waals surface area contributed by atoms with Gasteiger partial charge in [-0.3, -0.25) is 4.79 Å². The van der Waals surface area contributed by atoms with Crippen LogP contribution in [-0.2, 0) is 17.8 Å². The molecule has 2 aromatic carbocycles. The monoisotopic (exact) mass is 539 g/mol. The highest BCUT2D eigenvalue weighted by molar-refractivity contribution is 5.77. The van der Waals surface area contributed by atoms with Gasteiger partial charge in [0.15, 0.2) is 17.4 Å². The third kappa shape index (κ3) is 4.73. The molecule has 6 nitrogen and oxygen atoms in total. The van der Waals surface area contributed by atoms with Gasteiger partial charge in [-0.25, -0.2) is 18.2 Å². The van der Waals surface area contributed by atoms with Crippen molar-refractivity contribution in [2.45, 2.75) is 51.2 Å². The number of carboxylic acids is 1. The molecule has 1 aromatic heterocycles. The van der Waals surface area contributed by atoms with Crippen molar-refractivity contribution >= 4 is 5.97 Å². The second-order valence-corrected chi connectivity index (χ2v) is 11.4. The molecule has 2 saturated carbocycles. The Hall–Kier alpha value is -3.59. The summed E-state index contributed by atoms with van der Waals surface area (Å²) in [4.78, 5) is 15.6. The molecule has 0 bridgehead atoms. The van der Waals surface area contributed by atoms with Crippen molar-refractivity contribution < 1.29 is 37.7 Å². The number of halogens is 3. The number of benzene rings is 2. The minimum absolute atomic E-state index is 0.00304. The van der Waals surface area contributed by atoms with Gasteiger partial charge in [0.25, 0.3) is 0 Å². The predicted molar refractivity (Wildman–Crippen MR) is 135 cm³/mol. The fourth-order valence-corrected chi connectivity index (χ4v) is 6.33. The summed E-state index contributed by atoms with van der Waals surface area (Å²) in [5.74, 6) is -3.39. The minimum Gasteiger partial charge on any atom is -0.487 e. The number of carboxylic acid groups (broad SMARTS) is 1. The van der Waals surface area contributed by atoms with Gasteiger partial charge in [0.2, 0.25) is 5.88 Å². The van der Waals surface area contributed by atoms with Crippen LogP contribution in [0, 0.1) is 42.1 Å². The largest absolute Gasteiger partial charge is 0.487 e. The lowest BCUT2D eigenvalue weighted by Crippen LogP contribution is -2.43. The van der Waals surface area contributed by atoms with E-state index in [9.17, 15) is 28.2 Å². The van der Waals surface area contributed by atoms with Gasteiger partial charge in [0.05, 0.1) is 18.1 Å². The van der Waals surface area contributed by atoms with Crippen LogP contribution < -0.4 is 9.47 Å². The molecule has 2 fully saturated rings. The maximum absolute atomic E-state index is 14.9. The van der Waals surface area contributed by atoms with Crippen molar-refractivity contribution in [3.05, 3.63) is 76.2 Å². The molecule has 0 aliphatic heterocycles. The number of rotatable bonds is 8. The number of hydrogen-bond donors (Lipinski definition) is 2. The van der Waals surface area contributed by atoms with E-state index in [0.717, 1.165) is 23.3 Å². The Labute approximate surface area is 223 Å². The van der Waals surface area contributed by atoms with Crippen molar-refractivity contribution in [3.8, 4) is 22.8 Å². The molecule has 1 heterocycles. The molecule has 0 radical (unpaired) electrons. The van der Waals surface area contributed by atoms with E-state index >= 15 is 0 Å². The number of aromatic nitrogens is 1. The molecule has 3 atom stereocenters. The van der Waals surface area contributed by atoms with Gasteiger partial charge in [-0.05, 0) is 97.0 Å². The second-order valence-electron chi connectivity index (χ2n) is 11.4.